The maximum Gasteiger partial charge on any atom is 0.270 e. The van der Waals surface area contributed by atoms with E-state index in [0.717, 1.165) is 19.4 Å². The number of aromatic nitrogens is 2. The summed E-state index contributed by atoms with van der Waals surface area (Å²) in [5, 5.41) is 23.6. The van der Waals surface area contributed by atoms with Gasteiger partial charge in [-0.3, -0.25) is 19.5 Å². The predicted octanol–water partition coefficient (Wildman–Crippen LogP) is 2.59. The van der Waals surface area contributed by atoms with Crippen molar-refractivity contribution in [3.8, 4) is 11.8 Å². The largest absolute Gasteiger partial charge is 0.307 e. The molecule has 134 valence electrons. The minimum Gasteiger partial charge on any atom is -0.307 e. The van der Waals surface area contributed by atoms with E-state index in [1.54, 1.807) is 24.3 Å². The molecule has 2 heterocycles. The molecule has 1 aliphatic heterocycles. The Hall–Kier alpha value is -3.57. The first-order chi connectivity index (χ1) is 13.1. The second-order valence-corrected chi connectivity index (χ2v) is 6.38. The normalized spacial score (nSPS) is 16.3. The maximum atomic E-state index is 13.2. The summed E-state index contributed by atoms with van der Waals surface area (Å²) in [6, 6.07) is 12.7. The minimum atomic E-state index is -0.530. The van der Waals surface area contributed by atoms with Crippen LogP contribution in [0.5, 0.6) is 0 Å². The second kappa shape index (κ2) is 6.63. The average Bonchev–Trinajstić information content (AvgIpc) is 3.22. The van der Waals surface area contributed by atoms with Crippen LogP contribution in [0.2, 0.25) is 0 Å². The monoisotopic (exact) mass is 361 g/mol. The number of nitriles is 1. The molecular formula is C19H15N5O3. The standard InChI is InChI=1S/C19H15N5O3/c20-11-12-3-5-13(6-4-12)23-18(17-2-1-9-21-17)22-16-8-7-14(24(26)27)10-15(16)19(23)25/h3-8,10,17,21H,1-2,9H2/t17-/m1/s1. The highest BCUT2D eigenvalue weighted by Crippen LogP contribution is 2.26. The number of nitrogens with one attached hydrogen (secondary N) is 1. The van der Waals surface area contributed by atoms with Gasteiger partial charge in [-0.2, -0.15) is 5.26 Å². The molecule has 8 nitrogen and oxygen atoms in total. The molecule has 1 aromatic heterocycles. The van der Waals surface area contributed by atoms with Gasteiger partial charge in [0.15, 0.2) is 0 Å². The number of fused-ring (bicyclic) bond motifs is 1. The van der Waals surface area contributed by atoms with Gasteiger partial charge in [0.05, 0.1) is 39.2 Å². The zero-order valence-corrected chi connectivity index (χ0v) is 14.3. The SMILES string of the molecule is N#Cc1ccc(-n2c([C@H]3CCCN3)nc3ccc([N+](=O)[O-])cc3c2=O)cc1. The van der Waals surface area contributed by atoms with E-state index in [2.05, 4.69) is 10.3 Å². The van der Waals surface area contributed by atoms with Crippen LogP contribution in [-0.2, 0) is 0 Å². The van der Waals surface area contributed by atoms with Crippen LogP contribution in [0.3, 0.4) is 0 Å². The lowest BCUT2D eigenvalue weighted by molar-refractivity contribution is -0.384. The molecule has 0 spiro atoms. The van der Waals surface area contributed by atoms with E-state index in [1.807, 2.05) is 6.07 Å². The Labute approximate surface area is 153 Å². The molecular weight excluding hydrogens is 346 g/mol. The van der Waals surface area contributed by atoms with Crippen molar-refractivity contribution in [2.24, 2.45) is 0 Å². The number of hydrogen-bond acceptors (Lipinski definition) is 6. The van der Waals surface area contributed by atoms with E-state index in [1.165, 1.54) is 22.8 Å². The molecule has 8 heteroatoms. The lowest BCUT2D eigenvalue weighted by Crippen LogP contribution is -2.28. The summed E-state index contributed by atoms with van der Waals surface area (Å²) >= 11 is 0. The number of hydrogen-bond donors (Lipinski definition) is 1. The smallest absolute Gasteiger partial charge is 0.270 e. The number of rotatable bonds is 3. The van der Waals surface area contributed by atoms with Gasteiger partial charge in [-0.1, -0.05) is 0 Å². The fourth-order valence-corrected chi connectivity index (χ4v) is 3.38. The molecule has 3 aromatic rings. The molecule has 0 bridgehead atoms. The fourth-order valence-electron chi connectivity index (χ4n) is 3.38. The lowest BCUT2D eigenvalue weighted by atomic mass is 10.1. The summed E-state index contributed by atoms with van der Waals surface area (Å²) in [5.74, 6) is 0.573. The van der Waals surface area contributed by atoms with Crippen LogP contribution in [0.15, 0.2) is 47.3 Å². The van der Waals surface area contributed by atoms with E-state index >= 15 is 0 Å². The Kier molecular flexibility index (Phi) is 4.14. The molecule has 2 aromatic carbocycles. The van der Waals surface area contributed by atoms with Crippen molar-refractivity contribution in [3.63, 3.8) is 0 Å². The summed E-state index contributed by atoms with van der Waals surface area (Å²) in [4.78, 5) is 28.5. The minimum absolute atomic E-state index is 0.0760. The van der Waals surface area contributed by atoms with E-state index in [0.29, 0.717) is 22.6 Å². The van der Waals surface area contributed by atoms with Crippen LogP contribution in [0.4, 0.5) is 5.69 Å². The van der Waals surface area contributed by atoms with Gasteiger partial charge in [0, 0.05) is 12.1 Å². The molecule has 1 saturated heterocycles. The van der Waals surface area contributed by atoms with Crippen LogP contribution >= 0.6 is 0 Å². The topological polar surface area (TPSA) is 114 Å². The number of non-ortho nitro benzene ring substituents is 1. The molecule has 0 unspecified atom stereocenters. The molecule has 0 aliphatic carbocycles. The number of nitro benzene ring substituents is 1. The highest BCUT2D eigenvalue weighted by molar-refractivity contribution is 5.80. The number of nitrogens with zero attached hydrogens (tertiary/aromatic N) is 4. The van der Waals surface area contributed by atoms with Crippen LogP contribution < -0.4 is 10.9 Å². The Morgan fingerprint density at radius 2 is 2.04 bits per heavy atom. The predicted molar refractivity (Wildman–Crippen MR) is 98.7 cm³/mol. The second-order valence-electron chi connectivity index (χ2n) is 6.38. The first-order valence-corrected chi connectivity index (χ1v) is 8.53. The van der Waals surface area contributed by atoms with Crippen LogP contribution in [0.1, 0.15) is 30.3 Å². The van der Waals surface area contributed by atoms with Crippen molar-refractivity contribution in [2.75, 3.05) is 6.54 Å². The van der Waals surface area contributed by atoms with Gasteiger partial charge < -0.3 is 5.32 Å². The van der Waals surface area contributed by atoms with Crippen molar-refractivity contribution >= 4 is 16.6 Å². The summed E-state index contributed by atoms with van der Waals surface area (Å²) in [6.07, 6.45) is 1.83. The summed E-state index contributed by atoms with van der Waals surface area (Å²) in [7, 11) is 0. The van der Waals surface area contributed by atoms with E-state index < -0.39 is 4.92 Å². The zero-order valence-electron chi connectivity index (χ0n) is 14.3. The Morgan fingerprint density at radius 1 is 1.26 bits per heavy atom. The Bertz CT molecular complexity index is 1140. The highest BCUT2D eigenvalue weighted by Gasteiger charge is 2.24. The van der Waals surface area contributed by atoms with Crippen LogP contribution in [0.25, 0.3) is 16.6 Å². The zero-order chi connectivity index (χ0) is 19.0. The summed E-state index contributed by atoms with van der Waals surface area (Å²) in [6.45, 7) is 0.839. The lowest BCUT2D eigenvalue weighted by Gasteiger charge is -2.18. The highest BCUT2D eigenvalue weighted by atomic mass is 16.6. The molecule has 1 fully saturated rings. The van der Waals surface area contributed by atoms with Crippen molar-refractivity contribution in [2.45, 2.75) is 18.9 Å². The van der Waals surface area contributed by atoms with E-state index in [4.69, 9.17) is 5.26 Å². The quantitative estimate of drug-likeness (QED) is 0.566. The summed E-state index contributed by atoms with van der Waals surface area (Å²) in [5.41, 5.74) is 0.969. The molecule has 1 N–H and O–H groups in total. The van der Waals surface area contributed by atoms with Gasteiger partial charge in [0.25, 0.3) is 11.2 Å². The molecule has 0 radical (unpaired) electrons. The first-order valence-electron chi connectivity index (χ1n) is 8.53. The van der Waals surface area contributed by atoms with Gasteiger partial charge in [0.1, 0.15) is 5.82 Å². The van der Waals surface area contributed by atoms with Crippen molar-refractivity contribution in [1.29, 1.82) is 5.26 Å². The maximum absolute atomic E-state index is 13.2. The molecule has 4 rings (SSSR count). The van der Waals surface area contributed by atoms with Gasteiger partial charge >= 0.3 is 0 Å². The first kappa shape index (κ1) is 16.9. The third kappa shape index (κ3) is 2.94. The fraction of sp³-hybridized carbons (Fsp3) is 0.211. The molecule has 1 atom stereocenters. The van der Waals surface area contributed by atoms with Crippen molar-refractivity contribution < 1.29 is 4.92 Å². The third-order valence-corrected chi connectivity index (χ3v) is 4.72. The van der Waals surface area contributed by atoms with E-state index in [-0.39, 0.29) is 22.7 Å². The molecule has 0 saturated carbocycles. The molecule has 0 amide bonds. The van der Waals surface area contributed by atoms with E-state index in [9.17, 15) is 14.9 Å². The van der Waals surface area contributed by atoms with Crippen molar-refractivity contribution in [3.05, 3.63) is 74.3 Å². The van der Waals surface area contributed by atoms with Crippen LogP contribution in [0, 0.1) is 21.4 Å². The average molecular weight is 361 g/mol. The van der Waals surface area contributed by atoms with Gasteiger partial charge in [-0.05, 0) is 49.7 Å². The number of benzene rings is 2. The third-order valence-electron chi connectivity index (χ3n) is 4.72. The summed E-state index contributed by atoms with van der Waals surface area (Å²) < 4.78 is 1.48. The Balaban J connectivity index is 2.01. The van der Waals surface area contributed by atoms with Crippen molar-refractivity contribution in [1.82, 2.24) is 14.9 Å². The molecule has 1 aliphatic rings. The number of nitro groups is 1. The van der Waals surface area contributed by atoms with Crippen LogP contribution in [-0.4, -0.2) is 21.0 Å². The molecule has 27 heavy (non-hydrogen) atoms. The van der Waals surface area contributed by atoms with Gasteiger partial charge in [-0.15, -0.1) is 0 Å². The van der Waals surface area contributed by atoms with Gasteiger partial charge in [0.2, 0.25) is 0 Å². The van der Waals surface area contributed by atoms with Gasteiger partial charge in [-0.25, -0.2) is 4.98 Å². The Morgan fingerprint density at radius 3 is 2.67 bits per heavy atom.